The Hall–Kier alpha value is -1.82. The predicted octanol–water partition coefficient (Wildman–Crippen LogP) is 2.57. The third kappa shape index (κ3) is 4.87. The number of anilines is 2. The van der Waals surface area contributed by atoms with Crippen molar-refractivity contribution in [3.63, 3.8) is 0 Å². The third-order valence-electron chi connectivity index (χ3n) is 3.56. The van der Waals surface area contributed by atoms with Gasteiger partial charge in [-0.3, -0.25) is 5.32 Å². The molecule has 0 bridgehead atoms. The number of rotatable bonds is 3. The minimum absolute atomic E-state index is 0.482. The number of aromatic nitrogens is 1. The number of hydrogen-bond donors (Lipinski definition) is 1. The van der Waals surface area contributed by atoms with Crippen molar-refractivity contribution < 1.29 is 9.53 Å². The SMILES string of the molecule is CCN1CCN(c2ccc(NC(=O)OC(C)(C)C)nc2)CC1. The fourth-order valence-corrected chi connectivity index (χ4v) is 2.38. The van der Waals surface area contributed by atoms with E-state index in [2.05, 4.69) is 27.0 Å². The quantitative estimate of drug-likeness (QED) is 0.930. The second kappa shape index (κ2) is 6.96. The van der Waals surface area contributed by atoms with Crippen LogP contribution in [0.5, 0.6) is 0 Å². The highest BCUT2D eigenvalue weighted by Gasteiger charge is 2.18. The Balaban J connectivity index is 1.89. The van der Waals surface area contributed by atoms with E-state index in [1.54, 1.807) is 6.20 Å². The first kappa shape index (κ1) is 16.5. The van der Waals surface area contributed by atoms with Crippen molar-refractivity contribution in [3.05, 3.63) is 18.3 Å². The number of piperazine rings is 1. The molecule has 1 fully saturated rings. The summed E-state index contributed by atoms with van der Waals surface area (Å²) in [5, 5.41) is 2.65. The van der Waals surface area contributed by atoms with Gasteiger partial charge in [0.05, 0.1) is 11.9 Å². The van der Waals surface area contributed by atoms with Gasteiger partial charge in [-0.25, -0.2) is 9.78 Å². The number of carbonyl (C=O) groups is 1. The van der Waals surface area contributed by atoms with Crippen LogP contribution in [0.25, 0.3) is 0 Å². The summed E-state index contributed by atoms with van der Waals surface area (Å²) in [6, 6.07) is 3.80. The number of amides is 1. The minimum atomic E-state index is -0.511. The summed E-state index contributed by atoms with van der Waals surface area (Å²) in [7, 11) is 0. The van der Waals surface area contributed by atoms with Gasteiger partial charge in [-0.05, 0) is 39.4 Å². The molecule has 122 valence electrons. The Kier molecular flexibility index (Phi) is 5.24. The van der Waals surface area contributed by atoms with Gasteiger partial charge < -0.3 is 14.5 Å². The van der Waals surface area contributed by atoms with Gasteiger partial charge in [0.15, 0.2) is 0 Å². The highest BCUT2D eigenvalue weighted by atomic mass is 16.6. The van der Waals surface area contributed by atoms with Crippen molar-refractivity contribution in [1.29, 1.82) is 0 Å². The molecule has 1 N–H and O–H groups in total. The van der Waals surface area contributed by atoms with Crippen molar-refractivity contribution in [2.45, 2.75) is 33.3 Å². The molecule has 1 aliphatic heterocycles. The summed E-state index contributed by atoms with van der Waals surface area (Å²) < 4.78 is 5.21. The van der Waals surface area contributed by atoms with Gasteiger partial charge in [0.2, 0.25) is 0 Å². The summed E-state index contributed by atoms with van der Waals surface area (Å²) in [4.78, 5) is 20.7. The molecule has 0 saturated carbocycles. The first-order valence-electron chi connectivity index (χ1n) is 7.81. The second-order valence-electron chi connectivity index (χ2n) is 6.45. The third-order valence-corrected chi connectivity index (χ3v) is 3.56. The number of hydrogen-bond acceptors (Lipinski definition) is 5. The predicted molar refractivity (Wildman–Crippen MR) is 88.4 cm³/mol. The molecule has 1 aromatic heterocycles. The van der Waals surface area contributed by atoms with E-state index >= 15 is 0 Å². The number of likely N-dealkylation sites (N-methyl/N-ethyl adjacent to an activating group) is 1. The van der Waals surface area contributed by atoms with Gasteiger partial charge >= 0.3 is 6.09 Å². The molecule has 0 unspecified atom stereocenters. The van der Waals surface area contributed by atoms with Gasteiger partial charge in [-0.15, -0.1) is 0 Å². The zero-order valence-corrected chi connectivity index (χ0v) is 13.9. The highest BCUT2D eigenvalue weighted by molar-refractivity contribution is 5.83. The molecule has 6 nitrogen and oxygen atoms in total. The molecule has 22 heavy (non-hydrogen) atoms. The van der Waals surface area contributed by atoms with Crippen molar-refractivity contribution in [3.8, 4) is 0 Å². The Bertz CT molecular complexity index is 488. The van der Waals surface area contributed by atoms with E-state index in [1.165, 1.54) is 0 Å². The molecule has 0 spiro atoms. The molecule has 0 aliphatic carbocycles. The van der Waals surface area contributed by atoms with Gasteiger partial charge in [-0.2, -0.15) is 0 Å². The Morgan fingerprint density at radius 1 is 1.27 bits per heavy atom. The molecular formula is C16H26N4O2. The van der Waals surface area contributed by atoms with Crippen LogP contribution in [-0.2, 0) is 4.74 Å². The van der Waals surface area contributed by atoms with Crippen LogP contribution >= 0.6 is 0 Å². The zero-order valence-electron chi connectivity index (χ0n) is 13.9. The Labute approximate surface area is 132 Å². The van der Waals surface area contributed by atoms with E-state index in [0.717, 1.165) is 38.4 Å². The second-order valence-corrected chi connectivity index (χ2v) is 6.45. The van der Waals surface area contributed by atoms with E-state index in [1.807, 2.05) is 32.9 Å². The molecule has 1 amide bonds. The lowest BCUT2D eigenvalue weighted by molar-refractivity contribution is 0.0635. The number of pyridine rings is 1. The monoisotopic (exact) mass is 306 g/mol. The number of ether oxygens (including phenoxy) is 1. The van der Waals surface area contributed by atoms with Crippen molar-refractivity contribution in [2.24, 2.45) is 0 Å². The molecule has 6 heteroatoms. The molecule has 1 aliphatic rings. The standard InChI is InChI=1S/C16H26N4O2/c1-5-19-8-10-20(11-9-19)13-6-7-14(17-12-13)18-15(21)22-16(2,3)4/h6-7,12H,5,8-11H2,1-4H3,(H,17,18,21). The molecule has 1 aromatic rings. The van der Waals surface area contributed by atoms with Crippen LogP contribution in [0.4, 0.5) is 16.3 Å². The average molecular weight is 306 g/mol. The van der Waals surface area contributed by atoms with E-state index < -0.39 is 11.7 Å². The smallest absolute Gasteiger partial charge is 0.413 e. The summed E-state index contributed by atoms with van der Waals surface area (Å²) in [5.41, 5.74) is 0.577. The molecule has 2 rings (SSSR count). The first-order valence-corrected chi connectivity index (χ1v) is 7.81. The lowest BCUT2D eigenvalue weighted by atomic mass is 10.2. The highest BCUT2D eigenvalue weighted by Crippen LogP contribution is 2.17. The maximum atomic E-state index is 11.7. The summed E-state index contributed by atoms with van der Waals surface area (Å²) in [6.07, 6.45) is 1.32. The normalized spacial score (nSPS) is 16.5. The summed E-state index contributed by atoms with van der Waals surface area (Å²) in [6.45, 7) is 13.0. The van der Waals surface area contributed by atoms with Crippen LogP contribution < -0.4 is 10.2 Å². The van der Waals surface area contributed by atoms with Crippen LogP contribution in [0.1, 0.15) is 27.7 Å². The fraction of sp³-hybridized carbons (Fsp3) is 0.625. The van der Waals surface area contributed by atoms with Crippen molar-refractivity contribution >= 4 is 17.6 Å². The number of nitrogens with zero attached hydrogens (tertiary/aromatic N) is 3. The Morgan fingerprint density at radius 3 is 2.45 bits per heavy atom. The van der Waals surface area contributed by atoms with Crippen molar-refractivity contribution in [1.82, 2.24) is 9.88 Å². The number of carbonyl (C=O) groups excluding carboxylic acids is 1. The van der Waals surface area contributed by atoms with E-state index in [4.69, 9.17) is 4.74 Å². The van der Waals surface area contributed by atoms with Gasteiger partial charge in [0.25, 0.3) is 0 Å². The molecule has 0 atom stereocenters. The van der Waals surface area contributed by atoms with Gasteiger partial charge in [-0.1, -0.05) is 6.92 Å². The van der Waals surface area contributed by atoms with E-state index in [-0.39, 0.29) is 0 Å². The van der Waals surface area contributed by atoms with Crippen LogP contribution in [-0.4, -0.2) is 54.3 Å². The van der Waals surface area contributed by atoms with Crippen molar-refractivity contribution in [2.75, 3.05) is 42.9 Å². The number of nitrogens with one attached hydrogen (secondary N) is 1. The topological polar surface area (TPSA) is 57.7 Å². The maximum Gasteiger partial charge on any atom is 0.413 e. The molecule has 0 aromatic carbocycles. The maximum absolute atomic E-state index is 11.7. The lowest BCUT2D eigenvalue weighted by Gasteiger charge is -2.35. The molecular weight excluding hydrogens is 280 g/mol. The van der Waals surface area contributed by atoms with E-state index in [9.17, 15) is 4.79 Å². The first-order chi connectivity index (χ1) is 10.4. The van der Waals surface area contributed by atoms with Crippen LogP contribution in [0, 0.1) is 0 Å². The molecule has 1 saturated heterocycles. The summed E-state index contributed by atoms with van der Waals surface area (Å²) >= 11 is 0. The Morgan fingerprint density at radius 2 is 1.95 bits per heavy atom. The lowest BCUT2D eigenvalue weighted by Crippen LogP contribution is -2.46. The van der Waals surface area contributed by atoms with E-state index in [0.29, 0.717) is 5.82 Å². The zero-order chi connectivity index (χ0) is 16.2. The van der Waals surface area contributed by atoms with Gasteiger partial charge in [0, 0.05) is 26.2 Å². The fourth-order valence-electron chi connectivity index (χ4n) is 2.38. The molecule has 0 radical (unpaired) electrons. The minimum Gasteiger partial charge on any atom is -0.444 e. The van der Waals surface area contributed by atoms with Crippen LogP contribution in [0.15, 0.2) is 18.3 Å². The largest absolute Gasteiger partial charge is 0.444 e. The molecule has 2 heterocycles. The van der Waals surface area contributed by atoms with Crippen LogP contribution in [0.2, 0.25) is 0 Å². The van der Waals surface area contributed by atoms with Crippen LogP contribution in [0.3, 0.4) is 0 Å². The summed E-state index contributed by atoms with van der Waals surface area (Å²) in [5.74, 6) is 0.505. The van der Waals surface area contributed by atoms with Gasteiger partial charge in [0.1, 0.15) is 11.4 Å². The average Bonchev–Trinajstić information content (AvgIpc) is 2.46.